The number of imidazole rings is 1. The van der Waals surface area contributed by atoms with Gasteiger partial charge in [0.2, 0.25) is 0 Å². The number of carbonyl (C=O) groups excluding carboxylic acids is 1. The fourth-order valence-corrected chi connectivity index (χ4v) is 2.75. The maximum atomic E-state index is 13.4. The van der Waals surface area contributed by atoms with Gasteiger partial charge >= 0.3 is 6.03 Å². The summed E-state index contributed by atoms with van der Waals surface area (Å²) < 4.78 is 27.9. The molecule has 0 radical (unpaired) electrons. The Kier molecular flexibility index (Phi) is 4.38. The van der Waals surface area contributed by atoms with Gasteiger partial charge in [0, 0.05) is 25.5 Å². The average Bonchev–Trinajstić information content (AvgIpc) is 3.13. The first-order valence-electron chi connectivity index (χ1n) is 7.45. The van der Waals surface area contributed by atoms with Gasteiger partial charge in [-0.15, -0.1) is 0 Å². The highest BCUT2D eigenvalue weighted by Gasteiger charge is 2.22. The summed E-state index contributed by atoms with van der Waals surface area (Å²) in [4.78, 5) is 17.8. The molecule has 24 heavy (non-hydrogen) atoms. The predicted octanol–water partition coefficient (Wildman–Crippen LogP) is 3.20. The second kappa shape index (κ2) is 6.62. The van der Waals surface area contributed by atoms with Crippen LogP contribution in [0.15, 0.2) is 42.5 Å². The monoisotopic (exact) mass is 328 g/mol. The first-order chi connectivity index (χ1) is 11.6. The maximum Gasteiger partial charge on any atom is 0.329 e. The van der Waals surface area contributed by atoms with Crippen molar-refractivity contribution in [2.45, 2.75) is 12.8 Å². The number of piperidine rings is 1. The fraction of sp³-hybridized carbons (Fsp3) is 0.235. The number of nitrogens with zero attached hydrogens (tertiary/aromatic N) is 4. The molecule has 0 saturated carbocycles. The molecule has 0 N–H and O–H groups in total. The van der Waals surface area contributed by atoms with Crippen molar-refractivity contribution >= 4 is 11.6 Å². The van der Waals surface area contributed by atoms with Crippen LogP contribution in [0.4, 0.5) is 13.6 Å². The van der Waals surface area contributed by atoms with E-state index in [1.54, 1.807) is 11.1 Å². The van der Waals surface area contributed by atoms with Gasteiger partial charge in [0.15, 0.2) is 11.6 Å². The molecule has 1 aromatic heterocycles. The summed E-state index contributed by atoms with van der Waals surface area (Å²) in [6.07, 6.45) is 5.58. The number of benzene rings is 1. The van der Waals surface area contributed by atoms with Crippen molar-refractivity contribution < 1.29 is 13.6 Å². The van der Waals surface area contributed by atoms with E-state index in [2.05, 4.69) is 11.1 Å². The lowest BCUT2D eigenvalue weighted by atomic mass is 9.94. The lowest BCUT2D eigenvalue weighted by molar-refractivity contribution is 0.195. The van der Waals surface area contributed by atoms with Crippen molar-refractivity contribution in [2.75, 3.05) is 13.1 Å². The highest BCUT2D eigenvalue weighted by atomic mass is 19.2. The van der Waals surface area contributed by atoms with Gasteiger partial charge in [0.05, 0.1) is 11.6 Å². The summed E-state index contributed by atoms with van der Waals surface area (Å²) in [6.45, 7) is 0.919. The zero-order valence-corrected chi connectivity index (χ0v) is 12.7. The van der Waals surface area contributed by atoms with Gasteiger partial charge in [-0.3, -0.25) is 4.57 Å². The first-order valence-corrected chi connectivity index (χ1v) is 7.45. The normalized spacial score (nSPS) is 14.4. The average molecular weight is 328 g/mol. The summed E-state index contributed by atoms with van der Waals surface area (Å²) in [5, 5.41) is 9.40. The van der Waals surface area contributed by atoms with Gasteiger partial charge in [-0.25, -0.2) is 18.6 Å². The zero-order chi connectivity index (χ0) is 17.1. The minimum atomic E-state index is -0.978. The van der Waals surface area contributed by atoms with E-state index in [-0.39, 0.29) is 6.03 Å². The molecule has 1 fully saturated rings. The van der Waals surface area contributed by atoms with Crippen LogP contribution < -0.4 is 0 Å². The van der Waals surface area contributed by atoms with Crippen LogP contribution in [0.2, 0.25) is 0 Å². The summed E-state index contributed by atoms with van der Waals surface area (Å²) in [5.74, 6) is -1.92. The van der Waals surface area contributed by atoms with Gasteiger partial charge in [-0.1, -0.05) is 6.07 Å². The lowest BCUT2D eigenvalue weighted by Gasteiger charge is -2.29. The van der Waals surface area contributed by atoms with E-state index in [1.165, 1.54) is 23.2 Å². The van der Waals surface area contributed by atoms with Crippen LogP contribution in [-0.4, -0.2) is 33.6 Å². The Morgan fingerprint density at radius 3 is 2.54 bits per heavy atom. The van der Waals surface area contributed by atoms with Gasteiger partial charge < -0.3 is 4.90 Å². The van der Waals surface area contributed by atoms with Gasteiger partial charge in [-0.05, 0) is 36.1 Å². The number of allylic oxidation sites excluding steroid dienone is 1. The number of likely N-dealkylation sites (tertiary alicyclic amines) is 1. The molecule has 1 aromatic carbocycles. The van der Waals surface area contributed by atoms with Gasteiger partial charge in [0.1, 0.15) is 6.33 Å². The predicted molar refractivity (Wildman–Crippen MR) is 82.7 cm³/mol. The van der Waals surface area contributed by atoms with Crippen molar-refractivity contribution in [3.8, 4) is 6.07 Å². The smallest absolute Gasteiger partial charge is 0.323 e. The minimum absolute atomic E-state index is 0.169. The number of halogens is 2. The molecule has 5 nitrogen and oxygen atoms in total. The quantitative estimate of drug-likeness (QED) is 0.755. The third-order valence-corrected chi connectivity index (χ3v) is 4.04. The molecule has 0 bridgehead atoms. The summed E-state index contributed by atoms with van der Waals surface area (Å²) in [6, 6.07) is 5.35. The van der Waals surface area contributed by atoms with Gasteiger partial charge in [-0.2, -0.15) is 5.26 Å². The zero-order valence-electron chi connectivity index (χ0n) is 12.7. The highest BCUT2D eigenvalue weighted by molar-refractivity contribution is 5.80. The fourth-order valence-electron chi connectivity index (χ4n) is 2.75. The second-order valence-corrected chi connectivity index (χ2v) is 5.46. The van der Waals surface area contributed by atoms with E-state index in [1.807, 2.05) is 0 Å². The summed E-state index contributed by atoms with van der Waals surface area (Å²) in [5.41, 5.74) is 1.56. The van der Waals surface area contributed by atoms with Crippen molar-refractivity contribution in [3.63, 3.8) is 0 Å². The number of amides is 1. The highest BCUT2D eigenvalue weighted by Crippen LogP contribution is 2.27. The Bertz CT molecular complexity index is 827. The molecule has 3 rings (SSSR count). The molecule has 1 aliphatic rings. The summed E-state index contributed by atoms with van der Waals surface area (Å²) in [7, 11) is 0. The van der Waals surface area contributed by atoms with E-state index in [0.717, 1.165) is 17.7 Å². The van der Waals surface area contributed by atoms with E-state index in [4.69, 9.17) is 0 Å². The molecular weight excluding hydrogens is 314 g/mol. The molecule has 0 spiro atoms. The van der Waals surface area contributed by atoms with E-state index in [0.29, 0.717) is 37.1 Å². The SMILES string of the molecule is N#CC(=C1CCN(C(=O)n2ccnc2)CC1)c1ccc(F)c(F)c1. The standard InChI is InChI=1S/C17H14F2N4O/c18-15-2-1-13(9-16(15)19)14(10-20)12-3-6-22(7-4-12)17(24)23-8-5-21-11-23/h1-2,5,8-9,11H,3-4,6-7H2. The van der Waals surface area contributed by atoms with Gasteiger partial charge in [0.25, 0.3) is 0 Å². The molecule has 1 saturated heterocycles. The van der Waals surface area contributed by atoms with Crippen LogP contribution in [0.3, 0.4) is 0 Å². The number of aromatic nitrogens is 2. The van der Waals surface area contributed by atoms with Crippen LogP contribution >= 0.6 is 0 Å². The third kappa shape index (κ3) is 3.04. The molecule has 2 heterocycles. The number of hydrogen-bond acceptors (Lipinski definition) is 3. The Labute approximate surface area is 137 Å². The van der Waals surface area contributed by atoms with Crippen molar-refractivity contribution in [1.29, 1.82) is 5.26 Å². The van der Waals surface area contributed by atoms with Crippen LogP contribution in [0.25, 0.3) is 5.57 Å². The van der Waals surface area contributed by atoms with Crippen molar-refractivity contribution in [1.82, 2.24) is 14.5 Å². The van der Waals surface area contributed by atoms with Crippen molar-refractivity contribution in [3.05, 3.63) is 59.7 Å². The van der Waals surface area contributed by atoms with E-state index < -0.39 is 11.6 Å². The Morgan fingerprint density at radius 1 is 1.21 bits per heavy atom. The number of hydrogen-bond donors (Lipinski definition) is 0. The Hall–Kier alpha value is -3.01. The van der Waals surface area contributed by atoms with Crippen LogP contribution in [-0.2, 0) is 0 Å². The molecule has 7 heteroatoms. The largest absolute Gasteiger partial charge is 0.329 e. The van der Waals surface area contributed by atoms with E-state index in [9.17, 15) is 18.8 Å². The Morgan fingerprint density at radius 2 is 1.96 bits per heavy atom. The van der Waals surface area contributed by atoms with Crippen LogP contribution in [0.1, 0.15) is 18.4 Å². The molecule has 1 aliphatic heterocycles. The van der Waals surface area contributed by atoms with Crippen LogP contribution in [0, 0.1) is 23.0 Å². The molecule has 2 aromatic rings. The molecule has 1 amide bonds. The lowest BCUT2D eigenvalue weighted by Crippen LogP contribution is -2.38. The number of rotatable bonds is 1. The van der Waals surface area contributed by atoms with Crippen LogP contribution in [0.5, 0.6) is 0 Å². The molecule has 0 atom stereocenters. The molecule has 122 valence electrons. The van der Waals surface area contributed by atoms with E-state index >= 15 is 0 Å². The summed E-state index contributed by atoms with van der Waals surface area (Å²) >= 11 is 0. The minimum Gasteiger partial charge on any atom is -0.323 e. The Balaban J connectivity index is 1.78. The number of carbonyl (C=O) groups is 1. The second-order valence-electron chi connectivity index (χ2n) is 5.46. The first kappa shape index (κ1) is 15.9. The third-order valence-electron chi connectivity index (χ3n) is 4.04. The number of nitriles is 1. The maximum absolute atomic E-state index is 13.4. The molecule has 0 aliphatic carbocycles. The molecular formula is C17H14F2N4O. The van der Waals surface area contributed by atoms with Crippen molar-refractivity contribution in [2.24, 2.45) is 0 Å². The topological polar surface area (TPSA) is 61.9 Å². The molecule has 0 unspecified atom stereocenters.